The van der Waals surface area contributed by atoms with Crippen molar-refractivity contribution < 1.29 is 28.7 Å². The van der Waals surface area contributed by atoms with E-state index in [0.29, 0.717) is 0 Å². The Morgan fingerprint density at radius 2 is 1.58 bits per heavy atom. The van der Waals surface area contributed by atoms with Gasteiger partial charge in [0, 0.05) is 13.5 Å². The second kappa shape index (κ2) is 14.5. The van der Waals surface area contributed by atoms with E-state index in [1.165, 1.54) is 7.05 Å². The number of hydrogen-bond acceptors (Lipinski definition) is 7. The van der Waals surface area contributed by atoms with Crippen LogP contribution in [0.3, 0.4) is 0 Å². The van der Waals surface area contributed by atoms with Crippen LogP contribution in [0.5, 0.6) is 0 Å². The highest BCUT2D eigenvalue weighted by molar-refractivity contribution is 5.92. The Bertz CT molecular complexity index is 758. The third-order valence-electron chi connectivity index (χ3n) is 3.87. The monoisotopic (exact) mass is 436 g/mol. The normalized spacial score (nSPS) is 11.0. The van der Waals surface area contributed by atoms with Crippen LogP contribution < -0.4 is 32.3 Å². The molecule has 1 aromatic carbocycles. The van der Waals surface area contributed by atoms with Crippen LogP contribution in [-0.2, 0) is 35.1 Å². The van der Waals surface area contributed by atoms with Gasteiger partial charge in [0.15, 0.2) is 0 Å². The zero-order valence-electron chi connectivity index (χ0n) is 17.2. The van der Waals surface area contributed by atoms with Gasteiger partial charge in [-0.15, -0.1) is 0 Å². The molecule has 1 atom stereocenters. The molecule has 1 rings (SSSR count). The van der Waals surface area contributed by atoms with Gasteiger partial charge in [-0.2, -0.15) is 0 Å². The van der Waals surface area contributed by atoms with Crippen LogP contribution in [0.4, 0.5) is 0 Å². The summed E-state index contributed by atoms with van der Waals surface area (Å²) in [6.07, 6.45) is 0.181. The maximum atomic E-state index is 12.5. The Morgan fingerprint density at radius 3 is 2.23 bits per heavy atom. The zero-order chi connectivity index (χ0) is 23.1. The third-order valence-corrected chi connectivity index (χ3v) is 3.87. The quantitative estimate of drug-likeness (QED) is 0.139. The molecule has 0 aliphatic carbocycles. The van der Waals surface area contributed by atoms with Gasteiger partial charge in [0.2, 0.25) is 29.5 Å². The molecule has 5 amide bonds. The molecule has 0 heterocycles. The molecule has 0 fully saturated rings. The Balaban J connectivity index is 2.56. The van der Waals surface area contributed by atoms with E-state index in [4.69, 9.17) is 10.5 Å². The number of nitrogens with two attached hydrogens (primary N) is 1. The summed E-state index contributed by atoms with van der Waals surface area (Å²) in [5.74, 6) is -2.54. The molecule has 7 N–H and O–H groups in total. The van der Waals surface area contributed by atoms with Crippen LogP contribution in [0.1, 0.15) is 5.56 Å². The van der Waals surface area contributed by atoms with Crippen molar-refractivity contribution in [1.82, 2.24) is 26.6 Å². The minimum absolute atomic E-state index is 0.181. The van der Waals surface area contributed by atoms with E-state index in [1.54, 1.807) is 24.3 Å². The standard InChI is InChI=1S/C19H28N6O6/c1-21-18(29)11-31-12-24-16(27)9-23-19(30)14(7-13-5-3-2-4-6-13)25-17(28)10-22-15(26)8-20/h2-6,14H,7-12,20H2,1H3,(H,21,29)(H,22,26)(H,23,30)(H,24,27)(H,25,28)/t14-/m0/s1. The largest absolute Gasteiger partial charge is 0.357 e. The Morgan fingerprint density at radius 1 is 0.903 bits per heavy atom. The number of hydrogen-bond donors (Lipinski definition) is 6. The topological polar surface area (TPSA) is 181 Å². The summed E-state index contributed by atoms with van der Waals surface area (Å²) in [6, 6.07) is 8.01. The van der Waals surface area contributed by atoms with Gasteiger partial charge in [-0.05, 0) is 5.56 Å². The van der Waals surface area contributed by atoms with E-state index in [9.17, 15) is 24.0 Å². The summed E-state index contributed by atoms with van der Waals surface area (Å²) >= 11 is 0. The molecule has 1 aromatic rings. The first-order chi connectivity index (χ1) is 14.8. The number of likely N-dealkylation sites (N-methyl/N-ethyl adjacent to an activating group) is 1. The van der Waals surface area contributed by atoms with Gasteiger partial charge in [0.1, 0.15) is 19.4 Å². The van der Waals surface area contributed by atoms with Crippen molar-refractivity contribution >= 4 is 29.5 Å². The molecular weight excluding hydrogens is 408 g/mol. The van der Waals surface area contributed by atoms with Crippen LogP contribution in [0.15, 0.2) is 30.3 Å². The average Bonchev–Trinajstić information content (AvgIpc) is 2.78. The molecule has 0 saturated carbocycles. The number of ether oxygens (including phenoxy) is 1. The van der Waals surface area contributed by atoms with Gasteiger partial charge >= 0.3 is 0 Å². The molecule has 12 heteroatoms. The molecule has 0 saturated heterocycles. The molecule has 0 aliphatic rings. The van der Waals surface area contributed by atoms with E-state index in [1.807, 2.05) is 6.07 Å². The van der Waals surface area contributed by atoms with Gasteiger partial charge in [-0.3, -0.25) is 24.0 Å². The maximum Gasteiger partial charge on any atom is 0.245 e. The van der Waals surface area contributed by atoms with E-state index < -0.39 is 29.7 Å². The van der Waals surface area contributed by atoms with Crippen molar-refractivity contribution in [1.29, 1.82) is 0 Å². The lowest BCUT2D eigenvalue weighted by molar-refractivity contribution is -0.131. The summed E-state index contributed by atoms with van der Waals surface area (Å²) < 4.78 is 4.94. The fourth-order valence-corrected chi connectivity index (χ4v) is 2.26. The summed E-state index contributed by atoms with van der Waals surface area (Å²) in [5, 5.41) is 12.0. The molecule has 0 bridgehead atoms. The van der Waals surface area contributed by atoms with Gasteiger partial charge in [0.25, 0.3) is 0 Å². The van der Waals surface area contributed by atoms with Crippen molar-refractivity contribution in [3.8, 4) is 0 Å². The lowest BCUT2D eigenvalue weighted by Crippen LogP contribution is -2.52. The first-order valence-corrected chi connectivity index (χ1v) is 9.48. The van der Waals surface area contributed by atoms with Gasteiger partial charge in [-0.25, -0.2) is 0 Å². The summed E-state index contributed by atoms with van der Waals surface area (Å²) in [7, 11) is 1.45. The molecule has 0 aliphatic heterocycles. The number of carbonyl (C=O) groups is 5. The number of nitrogens with one attached hydrogen (secondary N) is 5. The Kier molecular flexibility index (Phi) is 11.9. The highest BCUT2D eigenvalue weighted by Crippen LogP contribution is 2.03. The Hall–Kier alpha value is -3.51. The lowest BCUT2D eigenvalue weighted by atomic mass is 10.1. The van der Waals surface area contributed by atoms with Crippen molar-refractivity contribution in [2.45, 2.75) is 12.5 Å². The van der Waals surface area contributed by atoms with Crippen molar-refractivity contribution in [2.24, 2.45) is 5.73 Å². The highest BCUT2D eigenvalue weighted by atomic mass is 16.5. The number of carbonyl (C=O) groups excluding carboxylic acids is 5. The van der Waals surface area contributed by atoms with Crippen LogP contribution >= 0.6 is 0 Å². The smallest absolute Gasteiger partial charge is 0.245 e. The van der Waals surface area contributed by atoms with Crippen LogP contribution in [0, 0.1) is 0 Å². The third kappa shape index (κ3) is 11.3. The number of amides is 5. The summed E-state index contributed by atoms with van der Waals surface area (Å²) in [5.41, 5.74) is 5.96. The van der Waals surface area contributed by atoms with Crippen LogP contribution in [0.25, 0.3) is 0 Å². The second-order valence-corrected chi connectivity index (χ2v) is 6.27. The molecule has 0 aromatic heterocycles. The van der Waals surface area contributed by atoms with E-state index in [0.717, 1.165) is 5.56 Å². The predicted molar refractivity (Wildman–Crippen MR) is 110 cm³/mol. The summed E-state index contributed by atoms with van der Waals surface area (Å²) in [6.45, 7) is -1.36. The minimum Gasteiger partial charge on any atom is -0.357 e. The number of rotatable bonds is 13. The minimum atomic E-state index is -0.970. The highest BCUT2D eigenvalue weighted by Gasteiger charge is 2.22. The number of benzene rings is 1. The molecule has 0 radical (unpaired) electrons. The average molecular weight is 436 g/mol. The van der Waals surface area contributed by atoms with Crippen molar-refractivity contribution in [3.05, 3.63) is 35.9 Å². The molecule has 31 heavy (non-hydrogen) atoms. The van der Waals surface area contributed by atoms with E-state index >= 15 is 0 Å². The Labute approximate surface area is 179 Å². The fraction of sp³-hybridized carbons (Fsp3) is 0.421. The van der Waals surface area contributed by atoms with Gasteiger partial charge in [0.05, 0.1) is 19.6 Å². The molecule has 0 spiro atoms. The maximum absolute atomic E-state index is 12.5. The van der Waals surface area contributed by atoms with E-state index in [-0.39, 0.29) is 45.3 Å². The fourth-order valence-electron chi connectivity index (χ4n) is 2.26. The molecule has 0 unspecified atom stereocenters. The van der Waals surface area contributed by atoms with Crippen molar-refractivity contribution in [2.75, 3.05) is 40.0 Å². The first kappa shape index (κ1) is 25.5. The zero-order valence-corrected chi connectivity index (χ0v) is 17.2. The first-order valence-electron chi connectivity index (χ1n) is 9.48. The van der Waals surface area contributed by atoms with E-state index in [2.05, 4.69) is 26.6 Å². The second-order valence-electron chi connectivity index (χ2n) is 6.27. The van der Waals surface area contributed by atoms with Gasteiger partial charge < -0.3 is 37.1 Å². The molecular formula is C19H28N6O6. The SMILES string of the molecule is CNC(=O)COCNC(=O)CNC(=O)[C@H](Cc1ccccc1)NC(=O)CNC(=O)CN. The lowest BCUT2D eigenvalue weighted by Gasteiger charge is -2.19. The van der Waals surface area contributed by atoms with Gasteiger partial charge in [-0.1, -0.05) is 30.3 Å². The van der Waals surface area contributed by atoms with Crippen LogP contribution in [0.2, 0.25) is 0 Å². The van der Waals surface area contributed by atoms with Crippen molar-refractivity contribution in [3.63, 3.8) is 0 Å². The predicted octanol–water partition coefficient (Wildman–Crippen LogP) is -3.26. The molecule has 170 valence electrons. The van der Waals surface area contributed by atoms with Crippen LogP contribution in [-0.4, -0.2) is 75.6 Å². The summed E-state index contributed by atoms with van der Waals surface area (Å²) in [4.78, 5) is 58.7. The molecule has 12 nitrogen and oxygen atoms in total.